The van der Waals surface area contributed by atoms with E-state index in [2.05, 4.69) is 15.3 Å². The summed E-state index contributed by atoms with van der Waals surface area (Å²) in [5.74, 6) is 1.61. The molecular formula is C14H20N4. The first-order chi connectivity index (χ1) is 8.81. The Bertz CT molecular complexity index is 478. The van der Waals surface area contributed by atoms with Crippen molar-refractivity contribution in [2.45, 2.75) is 31.7 Å². The average molecular weight is 244 g/mol. The van der Waals surface area contributed by atoms with Crippen LogP contribution in [0.3, 0.4) is 0 Å². The van der Waals surface area contributed by atoms with Crippen molar-refractivity contribution < 1.29 is 0 Å². The average Bonchev–Trinajstić information content (AvgIpc) is 2.81. The van der Waals surface area contributed by atoms with Gasteiger partial charge in [-0.1, -0.05) is 12.1 Å². The fraction of sp³-hybridized carbons (Fsp3) is 0.500. The Morgan fingerprint density at radius 1 is 1.22 bits per heavy atom. The van der Waals surface area contributed by atoms with Gasteiger partial charge in [-0.25, -0.2) is 4.98 Å². The number of H-pyrrole nitrogens is 1. The zero-order valence-electron chi connectivity index (χ0n) is 10.5. The van der Waals surface area contributed by atoms with Gasteiger partial charge in [0.05, 0.1) is 11.0 Å². The van der Waals surface area contributed by atoms with Crippen LogP contribution in [0.1, 0.15) is 25.7 Å². The largest absolute Gasteiger partial charge is 0.356 e. The molecule has 1 aromatic carbocycles. The zero-order chi connectivity index (χ0) is 12.4. The number of benzene rings is 1. The number of aromatic amines is 1. The van der Waals surface area contributed by atoms with E-state index in [1.807, 2.05) is 24.3 Å². The van der Waals surface area contributed by atoms with Crippen LogP contribution in [0.15, 0.2) is 24.3 Å². The van der Waals surface area contributed by atoms with Gasteiger partial charge in [0.1, 0.15) is 0 Å². The van der Waals surface area contributed by atoms with Crippen molar-refractivity contribution in [1.29, 1.82) is 0 Å². The molecule has 0 bridgehead atoms. The second-order valence-corrected chi connectivity index (χ2v) is 5.26. The van der Waals surface area contributed by atoms with Crippen LogP contribution in [0.5, 0.6) is 0 Å². The maximum absolute atomic E-state index is 5.92. The lowest BCUT2D eigenvalue weighted by molar-refractivity contribution is 0.338. The number of fused-ring (bicyclic) bond motifs is 1. The van der Waals surface area contributed by atoms with Crippen LogP contribution >= 0.6 is 0 Å². The number of aromatic nitrogens is 2. The number of hydrogen-bond donors (Lipinski definition) is 3. The van der Waals surface area contributed by atoms with Gasteiger partial charge in [-0.05, 0) is 43.7 Å². The molecule has 4 nitrogen and oxygen atoms in total. The molecule has 4 N–H and O–H groups in total. The van der Waals surface area contributed by atoms with Gasteiger partial charge in [-0.2, -0.15) is 0 Å². The van der Waals surface area contributed by atoms with Crippen molar-refractivity contribution in [3.8, 4) is 0 Å². The molecule has 1 aliphatic carbocycles. The molecule has 1 aliphatic rings. The minimum absolute atomic E-state index is 0.424. The highest BCUT2D eigenvalue weighted by molar-refractivity contribution is 5.77. The maximum atomic E-state index is 5.92. The molecule has 0 saturated heterocycles. The Kier molecular flexibility index (Phi) is 3.19. The van der Waals surface area contributed by atoms with Crippen LogP contribution in [-0.4, -0.2) is 22.6 Å². The van der Waals surface area contributed by atoms with Crippen LogP contribution in [0.2, 0.25) is 0 Å². The summed E-state index contributed by atoms with van der Waals surface area (Å²) < 4.78 is 0. The summed E-state index contributed by atoms with van der Waals surface area (Å²) in [6.45, 7) is 0.993. The number of rotatable bonds is 3. The summed E-state index contributed by atoms with van der Waals surface area (Å²) in [6.07, 6.45) is 4.78. The molecule has 4 heteroatoms. The van der Waals surface area contributed by atoms with Crippen LogP contribution < -0.4 is 11.1 Å². The standard InChI is InChI=1S/C14H20N4/c15-11-7-5-10(6-8-11)9-16-14-17-12-3-1-2-4-13(12)18-14/h1-4,10-11H,5-9,15H2,(H2,16,17,18)/t10-,11-. The quantitative estimate of drug-likeness (QED) is 0.777. The zero-order valence-corrected chi connectivity index (χ0v) is 10.5. The third-order valence-corrected chi connectivity index (χ3v) is 3.84. The van der Waals surface area contributed by atoms with Crippen molar-refractivity contribution in [2.75, 3.05) is 11.9 Å². The minimum atomic E-state index is 0.424. The Hall–Kier alpha value is -1.55. The van der Waals surface area contributed by atoms with Gasteiger partial charge in [-0.15, -0.1) is 0 Å². The molecule has 96 valence electrons. The van der Waals surface area contributed by atoms with Crippen LogP contribution in [0.4, 0.5) is 5.95 Å². The van der Waals surface area contributed by atoms with E-state index in [0.717, 1.165) is 42.3 Å². The second-order valence-electron chi connectivity index (χ2n) is 5.26. The van der Waals surface area contributed by atoms with Crippen LogP contribution in [-0.2, 0) is 0 Å². The van der Waals surface area contributed by atoms with Crippen molar-refractivity contribution in [3.05, 3.63) is 24.3 Å². The van der Waals surface area contributed by atoms with Crippen molar-refractivity contribution in [3.63, 3.8) is 0 Å². The summed E-state index contributed by atoms with van der Waals surface area (Å²) in [7, 11) is 0. The number of nitrogens with one attached hydrogen (secondary N) is 2. The summed E-state index contributed by atoms with van der Waals surface area (Å²) in [5, 5.41) is 3.41. The number of imidazole rings is 1. The summed E-state index contributed by atoms with van der Waals surface area (Å²) in [4.78, 5) is 7.82. The fourth-order valence-corrected chi connectivity index (χ4v) is 2.67. The molecule has 1 heterocycles. The molecule has 1 aromatic heterocycles. The van der Waals surface area contributed by atoms with Crippen molar-refractivity contribution in [2.24, 2.45) is 11.7 Å². The van der Waals surface area contributed by atoms with E-state index < -0.39 is 0 Å². The molecule has 0 aliphatic heterocycles. The molecule has 18 heavy (non-hydrogen) atoms. The van der Waals surface area contributed by atoms with E-state index in [0.29, 0.717) is 6.04 Å². The number of nitrogens with zero attached hydrogens (tertiary/aromatic N) is 1. The van der Waals surface area contributed by atoms with E-state index >= 15 is 0 Å². The van der Waals surface area contributed by atoms with Gasteiger partial charge < -0.3 is 16.0 Å². The predicted octanol–water partition coefficient (Wildman–Crippen LogP) is 2.49. The first kappa shape index (κ1) is 11.5. The smallest absolute Gasteiger partial charge is 0.201 e. The maximum Gasteiger partial charge on any atom is 0.201 e. The molecule has 1 fully saturated rings. The SMILES string of the molecule is N[C@H]1CC[C@H](CNc2nc3ccccc3[nH]2)CC1. The third-order valence-electron chi connectivity index (χ3n) is 3.84. The normalized spacial score (nSPS) is 24.3. The lowest BCUT2D eigenvalue weighted by Gasteiger charge is -2.25. The van der Waals surface area contributed by atoms with E-state index in [9.17, 15) is 0 Å². The molecular weight excluding hydrogens is 224 g/mol. The Labute approximate surface area is 107 Å². The highest BCUT2D eigenvalue weighted by Crippen LogP contribution is 2.23. The second kappa shape index (κ2) is 4.98. The predicted molar refractivity (Wildman–Crippen MR) is 74.5 cm³/mol. The Balaban J connectivity index is 1.59. The van der Waals surface area contributed by atoms with E-state index in [-0.39, 0.29) is 0 Å². The van der Waals surface area contributed by atoms with Crippen LogP contribution in [0, 0.1) is 5.92 Å². The molecule has 3 rings (SSSR count). The lowest BCUT2D eigenvalue weighted by Crippen LogP contribution is -2.29. The topological polar surface area (TPSA) is 66.7 Å². The number of para-hydroxylation sites is 2. The van der Waals surface area contributed by atoms with Gasteiger partial charge in [0.15, 0.2) is 0 Å². The van der Waals surface area contributed by atoms with E-state index in [4.69, 9.17) is 5.73 Å². The molecule has 1 saturated carbocycles. The van der Waals surface area contributed by atoms with Gasteiger partial charge in [-0.3, -0.25) is 0 Å². The highest BCUT2D eigenvalue weighted by atomic mass is 15.1. The van der Waals surface area contributed by atoms with Gasteiger partial charge in [0.2, 0.25) is 5.95 Å². The molecule has 0 amide bonds. The van der Waals surface area contributed by atoms with Gasteiger partial charge in [0, 0.05) is 12.6 Å². The molecule has 0 spiro atoms. The number of hydrogen-bond acceptors (Lipinski definition) is 3. The molecule has 0 unspecified atom stereocenters. The van der Waals surface area contributed by atoms with Gasteiger partial charge in [0.25, 0.3) is 0 Å². The first-order valence-electron chi connectivity index (χ1n) is 6.75. The monoisotopic (exact) mass is 244 g/mol. The summed E-state index contributed by atoms with van der Waals surface area (Å²) >= 11 is 0. The molecule has 0 atom stereocenters. The Morgan fingerprint density at radius 3 is 2.78 bits per heavy atom. The Morgan fingerprint density at radius 2 is 2.00 bits per heavy atom. The highest BCUT2D eigenvalue weighted by Gasteiger charge is 2.18. The first-order valence-corrected chi connectivity index (χ1v) is 6.75. The van der Waals surface area contributed by atoms with Crippen LogP contribution in [0.25, 0.3) is 11.0 Å². The van der Waals surface area contributed by atoms with E-state index in [1.165, 1.54) is 12.8 Å². The number of anilines is 1. The lowest BCUT2D eigenvalue weighted by atomic mass is 9.86. The van der Waals surface area contributed by atoms with Crippen molar-refractivity contribution >= 4 is 17.0 Å². The summed E-state index contributed by atoms with van der Waals surface area (Å²) in [5.41, 5.74) is 8.02. The minimum Gasteiger partial charge on any atom is -0.356 e. The molecule has 0 radical (unpaired) electrons. The van der Waals surface area contributed by atoms with Crippen molar-refractivity contribution in [1.82, 2.24) is 9.97 Å². The number of nitrogens with two attached hydrogens (primary N) is 1. The van der Waals surface area contributed by atoms with Gasteiger partial charge >= 0.3 is 0 Å². The fourth-order valence-electron chi connectivity index (χ4n) is 2.67. The van der Waals surface area contributed by atoms with E-state index in [1.54, 1.807) is 0 Å². The summed E-state index contributed by atoms with van der Waals surface area (Å²) in [6, 6.07) is 8.53. The third kappa shape index (κ3) is 2.48. The molecule has 2 aromatic rings.